The average molecular weight is 279 g/mol. The number of allylic oxidation sites excluding steroid dienone is 4. The summed E-state index contributed by atoms with van der Waals surface area (Å²) in [6, 6.07) is 0. The zero-order valence-corrected chi connectivity index (χ0v) is 14.6. The Kier molecular flexibility index (Phi) is 3.35. The predicted molar refractivity (Wildman–Crippen MR) is 84.1 cm³/mol. The smallest absolute Gasteiger partial charge is 0.140 e. The Morgan fingerprint density at radius 1 is 0.944 bits per heavy atom. The molecule has 2 aliphatic rings. The van der Waals surface area contributed by atoms with Crippen molar-refractivity contribution >= 4 is 21.9 Å². The van der Waals surface area contributed by atoms with Crippen molar-refractivity contribution < 1.29 is 4.79 Å². The third-order valence-electron chi connectivity index (χ3n) is 4.36. The van der Waals surface area contributed by atoms with E-state index in [-0.39, 0.29) is 5.92 Å². The van der Waals surface area contributed by atoms with Crippen LogP contribution in [0.1, 0.15) is 12.8 Å². The minimum Gasteiger partial charge on any atom is -0.299 e. The number of carbonyl (C=O) groups excluding carboxylic acids is 1. The first-order valence-electron chi connectivity index (χ1n) is 7.08. The predicted octanol–water partition coefficient (Wildman–Crippen LogP) is 4.20. The van der Waals surface area contributed by atoms with Crippen LogP contribution in [0.5, 0.6) is 0 Å². The summed E-state index contributed by atoms with van der Waals surface area (Å²) in [5.74, 6) is 1.32. The molecule has 1 nitrogen and oxygen atoms in total. The molecule has 100 valence electrons. The van der Waals surface area contributed by atoms with Crippen LogP contribution in [-0.2, 0) is 4.79 Å². The van der Waals surface area contributed by atoms with Crippen molar-refractivity contribution in [3.8, 4) is 0 Å². The number of ketones is 1. The van der Waals surface area contributed by atoms with Gasteiger partial charge in [-0.2, -0.15) is 0 Å². The molecule has 2 rings (SSSR count). The van der Waals surface area contributed by atoms with Gasteiger partial charge in [0.1, 0.15) is 5.78 Å². The van der Waals surface area contributed by atoms with Gasteiger partial charge in [-0.05, 0) is 12.3 Å². The maximum atomic E-state index is 12.3. The highest BCUT2D eigenvalue weighted by Gasteiger charge is 2.46. The van der Waals surface area contributed by atoms with E-state index < -0.39 is 16.1 Å². The van der Waals surface area contributed by atoms with Crippen LogP contribution in [0, 0.1) is 11.8 Å². The Balaban J connectivity index is 2.49. The molecule has 0 saturated heterocycles. The van der Waals surface area contributed by atoms with Crippen molar-refractivity contribution in [3.05, 3.63) is 22.5 Å². The van der Waals surface area contributed by atoms with Crippen LogP contribution in [0.15, 0.2) is 22.5 Å². The van der Waals surface area contributed by atoms with Gasteiger partial charge in [-0.1, -0.05) is 61.8 Å². The Labute approximate surface area is 113 Å². The molecule has 3 heteroatoms. The third-order valence-corrected chi connectivity index (χ3v) is 8.84. The number of Topliss-reactive ketones (excluding diaryl/α,β-unsaturated/α-hetero) is 1. The first kappa shape index (κ1) is 14.0. The first-order chi connectivity index (χ1) is 8.12. The minimum absolute atomic E-state index is 0.253. The Bertz CT molecular complexity index is 432. The van der Waals surface area contributed by atoms with Gasteiger partial charge in [0, 0.05) is 12.3 Å². The molecule has 0 radical (unpaired) electrons. The molecule has 0 amide bonds. The Morgan fingerprint density at radius 3 is 1.94 bits per heavy atom. The third kappa shape index (κ3) is 2.35. The fourth-order valence-electron chi connectivity index (χ4n) is 3.50. The van der Waals surface area contributed by atoms with Crippen LogP contribution >= 0.6 is 0 Å². The van der Waals surface area contributed by atoms with Gasteiger partial charge < -0.3 is 0 Å². The van der Waals surface area contributed by atoms with Gasteiger partial charge in [-0.15, -0.1) is 0 Å². The second kappa shape index (κ2) is 4.31. The molecule has 0 aromatic carbocycles. The van der Waals surface area contributed by atoms with E-state index in [0.717, 1.165) is 12.8 Å². The lowest BCUT2D eigenvalue weighted by atomic mass is 9.90. The van der Waals surface area contributed by atoms with Crippen molar-refractivity contribution in [3.63, 3.8) is 0 Å². The van der Waals surface area contributed by atoms with Crippen molar-refractivity contribution in [1.29, 1.82) is 0 Å². The van der Waals surface area contributed by atoms with E-state index in [2.05, 4.69) is 51.4 Å². The lowest BCUT2D eigenvalue weighted by Crippen LogP contribution is -2.40. The lowest BCUT2D eigenvalue weighted by Gasteiger charge is -2.37. The number of fused-ring (bicyclic) bond motifs is 1. The van der Waals surface area contributed by atoms with Gasteiger partial charge in [0.15, 0.2) is 0 Å². The second-order valence-electron chi connectivity index (χ2n) is 7.83. The molecule has 0 heterocycles. The monoisotopic (exact) mass is 278 g/mol. The minimum atomic E-state index is -1.36. The van der Waals surface area contributed by atoms with Crippen molar-refractivity contribution in [1.82, 2.24) is 0 Å². The topological polar surface area (TPSA) is 17.1 Å². The summed E-state index contributed by atoms with van der Waals surface area (Å²) < 4.78 is 0. The highest BCUT2D eigenvalue weighted by Crippen LogP contribution is 2.46. The van der Waals surface area contributed by atoms with E-state index in [9.17, 15) is 4.79 Å². The van der Waals surface area contributed by atoms with Gasteiger partial charge in [0.25, 0.3) is 0 Å². The van der Waals surface area contributed by atoms with E-state index in [1.54, 1.807) is 5.20 Å². The zero-order valence-electron chi connectivity index (χ0n) is 12.6. The molecule has 2 aliphatic carbocycles. The fourth-order valence-corrected chi connectivity index (χ4v) is 7.38. The first-order valence-corrected chi connectivity index (χ1v) is 14.1. The summed E-state index contributed by atoms with van der Waals surface area (Å²) in [5, 5.41) is 3.12. The van der Waals surface area contributed by atoms with Crippen molar-refractivity contribution in [2.24, 2.45) is 11.8 Å². The van der Waals surface area contributed by atoms with E-state index in [0.29, 0.717) is 11.7 Å². The van der Waals surface area contributed by atoms with Crippen LogP contribution in [0.25, 0.3) is 0 Å². The van der Waals surface area contributed by atoms with Crippen LogP contribution in [0.3, 0.4) is 0 Å². The average Bonchev–Trinajstić information content (AvgIpc) is 2.57. The maximum Gasteiger partial charge on any atom is 0.140 e. The molecule has 2 atom stereocenters. The Morgan fingerprint density at radius 2 is 1.44 bits per heavy atom. The summed E-state index contributed by atoms with van der Waals surface area (Å²) in [6.45, 7) is 14.3. The standard InChI is InChI=1S/C15H26OSi2/c1-17(2,3)13-9-10-14(18(4,5)6)15-11(13)7-8-12(15)16/h9-11,15H,7-8H2,1-6H3. The van der Waals surface area contributed by atoms with E-state index in [1.165, 1.54) is 5.20 Å². The molecule has 0 spiro atoms. The molecular formula is C15H26OSi2. The molecule has 0 aliphatic heterocycles. The number of rotatable bonds is 2. The van der Waals surface area contributed by atoms with Crippen LogP contribution in [-0.4, -0.2) is 21.9 Å². The maximum absolute atomic E-state index is 12.3. The molecule has 18 heavy (non-hydrogen) atoms. The van der Waals surface area contributed by atoms with Gasteiger partial charge in [0.2, 0.25) is 0 Å². The van der Waals surface area contributed by atoms with Crippen molar-refractivity contribution in [2.45, 2.75) is 52.1 Å². The molecule has 1 fully saturated rings. The van der Waals surface area contributed by atoms with Gasteiger partial charge >= 0.3 is 0 Å². The van der Waals surface area contributed by atoms with E-state index in [1.807, 2.05) is 0 Å². The molecule has 2 unspecified atom stereocenters. The summed E-state index contributed by atoms with van der Waals surface area (Å²) in [6.07, 6.45) is 6.62. The van der Waals surface area contributed by atoms with Gasteiger partial charge in [0.05, 0.1) is 16.1 Å². The quantitative estimate of drug-likeness (QED) is 0.692. The zero-order chi connectivity index (χ0) is 13.7. The fraction of sp³-hybridized carbons (Fsp3) is 0.667. The number of hydrogen-bond acceptors (Lipinski definition) is 1. The summed E-state index contributed by atoms with van der Waals surface area (Å²) in [7, 11) is -2.64. The summed E-state index contributed by atoms with van der Waals surface area (Å²) >= 11 is 0. The van der Waals surface area contributed by atoms with E-state index in [4.69, 9.17) is 0 Å². The normalized spacial score (nSPS) is 28.9. The SMILES string of the molecule is C[Si](C)(C)C1=CC=C([Si](C)(C)C)C2C(=O)CCC12. The van der Waals surface area contributed by atoms with Crippen LogP contribution in [0.4, 0.5) is 0 Å². The molecule has 0 aromatic rings. The highest BCUT2D eigenvalue weighted by atomic mass is 28.3. The van der Waals surface area contributed by atoms with Crippen LogP contribution < -0.4 is 0 Å². The summed E-state index contributed by atoms with van der Waals surface area (Å²) in [4.78, 5) is 12.3. The number of hydrogen-bond donors (Lipinski definition) is 0. The summed E-state index contributed by atoms with van der Waals surface area (Å²) in [5.41, 5.74) is 0. The number of carbonyl (C=O) groups is 1. The van der Waals surface area contributed by atoms with Crippen molar-refractivity contribution in [2.75, 3.05) is 0 Å². The van der Waals surface area contributed by atoms with Crippen LogP contribution in [0.2, 0.25) is 39.3 Å². The molecule has 0 N–H and O–H groups in total. The largest absolute Gasteiger partial charge is 0.299 e. The highest BCUT2D eigenvalue weighted by molar-refractivity contribution is 6.84. The lowest BCUT2D eigenvalue weighted by molar-refractivity contribution is -0.119. The molecule has 1 saturated carbocycles. The molecule has 0 bridgehead atoms. The Hall–Kier alpha value is -0.416. The van der Waals surface area contributed by atoms with Gasteiger partial charge in [-0.25, -0.2) is 0 Å². The van der Waals surface area contributed by atoms with Gasteiger partial charge in [-0.3, -0.25) is 4.79 Å². The second-order valence-corrected chi connectivity index (χ2v) is 18.0. The van der Waals surface area contributed by atoms with E-state index >= 15 is 0 Å². The molecular weight excluding hydrogens is 252 g/mol. The molecule has 0 aromatic heterocycles.